The Morgan fingerprint density at radius 2 is 2.25 bits per heavy atom. The summed E-state index contributed by atoms with van der Waals surface area (Å²) < 4.78 is 32.5. The van der Waals surface area contributed by atoms with Gasteiger partial charge in [0.25, 0.3) is 0 Å². The van der Waals surface area contributed by atoms with Crippen LogP contribution in [0.15, 0.2) is 24.4 Å². The number of hydrogen-bond acceptors (Lipinski definition) is 5. The largest absolute Gasteiger partial charge is 0.373 e. The highest BCUT2D eigenvalue weighted by Gasteiger charge is 2.42. The molecule has 2 heterocycles. The number of ether oxygens (including phenoxy) is 1. The first-order valence-corrected chi connectivity index (χ1v) is 9.87. The van der Waals surface area contributed by atoms with Gasteiger partial charge in [0.05, 0.1) is 30.7 Å². The highest BCUT2D eigenvalue weighted by atomic mass is 32.2. The molecule has 8 heteroatoms. The fourth-order valence-corrected chi connectivity index (χ4v) is 4.09. The zero-order valence-electron chi connectivity index (χ0n) is 13.7. The van der Waals surface area contributed by atoms with Gasteiger partial charge in [0, 0.05) is 25.2 Å². The number of amides is 1. The molecule has 1 aliphatic carbocycles. The summed E-state index contributed by atoms with van der Waals surface area (Å²) >= 11 is 0. The van der Waals surface area contributed by atoms with Crippen LogP contribution in [0.25, 0.3) is 0 Å². The molecule has 1 saturated heterocycles. The molecule has 1 aromatic heterocycles. The Balaban J connectivity index is 1.51. The van der Waals surface area contributed by atoms with Crippen LogP contribution in [0.3, 0.4) is 0 Å². The molecule has 132 valence electrons. The molecule has 24 heavy (non-hydrogen) atoms. The van der Waals surface area contributed by atoms with Crippen LogP contribution in [-0.4, -0.2) is 55.8 Å². The van der Waals surface area contributed by atoms with Crippen molar-refractivity contribution in [2.24, 2.45) is 11.8 Å². The van der Waals surface area contributed by atoms with Gasteiger partial charge in [0.2, 0.25) is 15.9 Å². The Bertz CT molecular complexity index is 680. The lowest BCUT2D eigenvalue weighted by Gasteiger charge is -2.33. The van der Waals surface area contributed by atoms with Gasteiger partial charge in [0.15, 0.2) is 0 Å². The predicted molar refractivity (Wildman–Crippen MR) is 88.5 cm³/mol. The summed E-state index contributed by atoms with van der Waals surface area (Å²) in [4.78, 5) is 18.1. The zero-order chi connectivity index (χ0) is 17.2. The molecule has 0 bridgehead atoms. The van der Waals surface area contributed by atoms with E-state index >= 15 is 0 Å². The predicted octanol–water partition coefficient (Wildman–Crippen LogP) is 0.384. The molecular weight excluding hydrogens is 330 g/mol. The summed E-state index contributed by atoms with van der Waals surface area (Å²) in [5.74, 6) is 0.545. The average molecular weight is 353 g/mol. The van der Waals surface area contributed by atoms with Crippen LogP contribution in [-0.2, 0) is 26.1 Å². The fourth-order valence-electron chi connectivity index (χ4n) is 2.91. The van der Waals surface area contributed by atoms with Gasteiger partial charge in [-0.05, 0) is 24.5 Å². The Morgan fingerprint density at radius 1 is 1.46 bits per heavy atom. The molecular formula is C16H23N3O4S. The van der Waals surface area contributed by atoms with Crippen molar-refractivity contribution < 1.29 is 17.9 Å². The number of sulfonamides is 1. The first-order chi connectivity index (χ1) is 11.4. The summed E-state index contributed by atoms with van der Waals surface area (Å²) in [6.07, 6.45) is 2.07. The Hall–Kier alpha value is -1.51. The summed E-state index contributed by atoms with van der Waals surface area (Å²) in [6, 6.07) is 5.35. The van der Waals surface area contributed by atoms with Crippen LogP contribution < -0.4 is 4.72 Å². The summed E-state index contributed by atoms with van der Waals surface area (Å²) in [5, 5.41) is 0. The van der Waals surface area contributed by atoms with Gasteiger partial charge in [-0.2, -0.15) is 0 Å². The minimum absolute atomic E-state index is 0.114. The van der Waals surface area contributed by atoms with Crippen molar-refractivity contribution >= 4 is 15.9 Å². The fraction of sp³-hybridized carbons (Fsp3) is 0.625. The average Bonchev–Trinajstić information content (AvgIpc) is 3.30. The number of rotatable bonds is 6. The van der Waals surface area contributed by atoms with Crippen molar-refractivity contribution in [3.63, 3.8) is 0 Å². The van der Waals surface area contributed by atoms with Crippen LogP contribution in [0.1, 0.15) is 19.0 Å². The van der Waals surface area contributed by atoms with Gasteiger partial charge in [0.1, 0.15) is 0 Å². The maximum atomic E-state index is 12.3. The topological polar surface area (TPSA) is 88.6 Å². The second-order valence-electron chi connectivity index (χ2n) is 6.52. The van der Waals surface area contributed by atoms with Gasteiger partial charge in [-0.3, -0.25) is 9.78 Å². The Kier molecular flexibility index (Phi) is 5.17. The molecule has 1 N–H and O–H groups in total. The van der Waals surface area contributed by atoms with Gasteiger partial charge in [-0.15, -0.1) is 0 Å². The molecule has 0 unspecified atom stereocenters. The normalized spacial score (nSPS) is 27.0. The minimum Gasteiger partial charge on any atom is -0.373 e. The van der Waals surface area contributed by atoms with Crippen molar-refractivity contribution in [1.29, 1.82) is 0 Å². The smallest absolute Gasteiger partial charge is 0.226 e. The van der Waals surface area contributed by atoms with Gasteiger partial charge >= 0.3 is 0 Å². The van der Waals surface area contributed by atoms with E-state index in [1.54, 1.807) is 23.2 Å². The number of hydrogen-bond donors (Lipinski definition) is 1. The van der Waals surface area contributed by atoms with E-state index < -0.39 is 16.1 Å². The van der Waals surface area contributed by atoms with Crippen LogP contribution in [0.5, 0.6) is 0 Å². The molecule has 7 nitrogen and oxygen atoms in total. The summed E-state index contributed by atoms with van der Waals surface area (Å²) in [7, 11) is -3.50. The molecule has 1 saturated carbocycles. The Labute approximate surface area is 142 Å². The van der Waals surface area contributed by atoms with E-state index in [2.05, 4.69) is 16.6 Å². The van der Waals surface area contributed by atoms with Gasteiger partial charge in [-0.25, -0.2) is 13.1 Å². The van der Waals surface area contributed by atoms with Crippen molar-refractivity contribution in [3.05, 3.63) is 30.1 Å². The standard InChI is InChI=1S/C16H23N3O4S/c1-12-8-15(12)16(20)19-6-7-23-14(10-19)11-24(21,22)18-9-13-4-2-3-5-17-13/h2-5,12,14-15,18H,6-11H2,1H3/t12-,14+,15-/m1/s1. The first-order valence-electron chi connectivity index (χ1n) is 8.22. The molecule has 2 fully saturated rings. The molecule has 2 aliphatic rings. The van der Waals surface area contributed by atoms with Crippen LogP contribution in [0, 0.1) is 11.8 Å². The lowest BCUT2D eigenvalue weighted by Crippen LogP contribution is -2.49. The lowest BCUT2D eigenvalue weighted by molar-refractivity contribution is -0.139. The van der Waals surface area contributed by atoms with Crippen LogP contribution >= 0.6 is 0 Å². The quantitative estimate of drug-likeness (QED) is 0.799. The minimum atomic E-state index is -3.50. The molecule has 3 atom stereocenters. The second kappa shape index (κ2) is 7.16. The molecule has 1 aliphatic heterocycles. The van der Waals surface area contributed by atoms with E-state index in [1.165, 1.54) is 0 Å². The SMILES string of the molecule is C[C@@H]1C[C@H]1C(=O)N1CCO[C@H](CS(=O)(=O)NCc2ccccn2)C1. The summed E-state index contributed by atoms with van der Waals surface area (Å²) in [6.45, 7) is 3.48. The first kappa shape index (κ1) is 17.3. The van der Waals surface area contributed by atoms with Gasteiger partial charge in [-0.1, -0.05) is 13.0 Å². The molecule has 3 rings (SSSR count). The van der Waals surface area contributed by atoms with Crippen molar-refractivity contribution in [2.75, 3.05) is 25.4 Å². The number of aromatic nitrogens is 1. The highest BCUT2D eigenvalue weighted by molar-refractivity contribution is 7.89. The number of carbonyl (C=O) groups is 1. The molecule has 0 spiro atoms. The number of carbonyl (C=O) groups excluding carboxylic acids is 1. The number of nitrogens with one attached hydrogen (secondary N) is 1. The maximum absolute atomic E-state index is 12.3. The van der Waals surface area contributed by atoms with Crippen LogP contribution in [0.2, 0.25) is 0 Å². The van der Waals surface area contributed by atoms with E-state index in [1.807, 2.05) is 6.07 Å². The monoisotopic (exact) mass is 353 g/mol. The highest BCUT2D eigenvalue weighted by Crippen LogP contribution is 2.39. The zero-order valence-corrected chi connectivity index (χ0v) is 14.5. The van der Waals surface area contributed by atoms with Crippen molar-refractivity contribution in [3.8, 4) is 0 Å². The van der Waals surface area contributed by atoms with E-state index in [9.17, 15) is 13.2 Å². The van der Waals surface area contributed by atoms with Crippen molar-refractivity contribution in [1.82, 2.24) is 14.6 Å². The molecule has 1 amide bonds. The number of pyridine rings is 1. The van der Waals surface area contributed by atoms with E-state index in [0.717, 1.165) is 6.42 Å². The third-order valence-electron chi connectivity index (χ3n) is 4.48. The summed E-state index contributed by atoms with van der Waals surface area (Å²) in [5.41, 5.74) is 0.658. The molecule has 1 aromatic rings. The van der Waals surface area contributed by atoms with E-state index in [-0.39, 0.29) is 24.1 Å². The van der Waals surface area contributed by atoms with E-state index in [0.29, 0.717) is 31.3 Å². The second-order valence-corrected chi connectivity index (χ2v) is 8.37. The number of nitrogens with zero attached hydrogens (tertiary/aromatic N) is 2. The van der Waals surface area contributed by atoms with E-state index in [4.69, 9.17) is 4.74 Å². The third kappa shape index (κ3) is 4.52. The van der Waals surface area contributed by atoms with Crippen molar-refractivity contribution in [2.45, 2.75) is 26.0 Å². The third-order valence-corrected chi connectivity index (χ3v) is 5.88. The molecule has 0 radical (unpaired) electrons. The molecule has 0 aromatic carbocycles. The van der Waals surface area contributed by atoms with Gasteiger partial charge < -0.3 is 9.64 Å². The Morgan fingerprint density at radius 3 is 2.92 bits per heavy atom. The number of morpholine rings is 1. The lowest BCUT2D eigenvalue weighted by atomic mass is 10.2. The maximum Gasteiger partial charge on any atom is 0.226 e. The van der Waals surface area contributed by atoms with Crippen LogP contribution in [0.4, 0.5) is 0 Å².